The summed E-state index contributed by atoms with van der Waals surface area (Å²) in [4.78, 5) is 10.6. The summed E-state index contributed by atoms with van der Waals surface area (Å²) in [6, 6.07) is 5.58. The zero-order valence-corrected chi connectivity index (χ0v) is 11.9. The molecule has 0 radical (unpaired) electrons. The lowest BCUT2D eigenvalue weighted by molar-refractivity contribution is -0.385. The van der Waals surface area contributed by atoms with Gasteiger partial charge >= 0.3 is 0 Å². The van der Waals surface area contributed by atoms with E-state index in [0.717, 1.165) is 16.0 Å². The van der Waals surface area contributed by atoms with Crippen LogP contribution in [-0.4, -0.2) is 11.0 Å². The summed E-state index contributed by atoms with van der Waals surface area (Å²) < 4.78 is 0.879. The fourth-order valence-corrected chi connectivity index (χ4v) is 2.93. The van der Waals surface area contributed by atoms with Crippen LogP contribution in [0.15, 0.2) is 22.7 Å². The van der Waals surface area contributed by atoms with E-state index in [9.17, 15) is 10.1 Å². The smallest absolute Gasteiger partial charge is 0.273 e. The maximum atomic E-state index is 10.9. The average molecular weight is 313 g/mol. The Bertz CT molecular complexity index is 451. The van der Waals surface area contributed by atoms with Crippen LogP contribution < -0.4 is 5.32 Å². The number of nitro groups is 1. The van der Waals surface area contributed by atoms with Crippen molar-refractivity contribution in [3.8, 4) is 0 Å². The number of halogens is 1. The first-order valence-electron chi connectivity index (χ1n) is 6.22. The molecule has 18 heavy (non-hydrogen) atoms. The Morgan fingerprint density at radius 2 is 2.28 bits per heavy atom. The Hall–Kier alpha value is -0.940. The maximum Gasteiger partial charge on any atom is 0.273 e. The Balaban J connectivity index is 2.04. The van der Waals surface area contributed by atoms with Crippen molar-refractivity contribution < 1.29 is 4.92 Å². The van der Waals surface area contributed by atoms with Crippen LogP contribution in [0.3, 0.4) is 0 Å². The molecule has 2 atom stereocenters. The number of nitrogens with one attached hydrogen (secondary N) is 1. The van der Waals surface area contributed by atoms with Crippen molar-refractivity contribution in [3.05, 3.63) is 38.3 Å². The second-order valence-corrected chi connectivity index (χ2v) is 5.94. The minimum Gasteiger partial charge on any atom is -0.310 e. The van der Waals surface area contributed by atoms with Crippen molar-refractivity contribution >= 4 is 21.6 Å². The van der Waals surface area contributed by atoms with Crippen LogP contribution in [0.5, 0.6) is 0 Å². The fourth-order valence-electron chi connectivity index (χ4n) is 2.52. The molecule has 0 aromatic heterocycles. The second-order valence-electron chi connectivity index (χ2n) is 5.03. The van der Waals surface area contributed by atoms with E-state index < -0.39 is 0 Å². The molecule has 1 N–H and O–H groups in total. The third-order valence-corrected chi connectivity index (χ3v) is 4.01. The van der Waals surface area contributed by atoms with Crippen LogP contribution in [0.25, 0.3) is 0 Å². The van der Waals surface area contributed by atoms with E-state index in [1.54, 1.807) is 12.1 Å². The lowest BCUT2D eigenvalue weighted by atomic mass is 10.1. The zero-order valence-electron chi connectivity index (χ0n) is 10.4. The summed E-state index contributed by atoms with van der Waals surface area (Å²) in [6.07, 6.45) is 3.59. The van der Waals surface area contributed by atoms with Crippen molar-refractivity contribution in [3.63, 3.8) is 0 Å². The maximum absolute atomic E-state index is 10.9. The molecule has 0 spiro atoms. The van der Waals surface area contributed by atoms with Crippen molar-refractivity contribution in [2.75, 3.05) is 0 Å². The van der Waals surface area contributed by atoms with Gasteiger partial charge in [-0.2, -0.15) is 0 Å². The van der Waals surface area contributed by atoms with Crippen LogP contribution in [0.4, 0.5) is 5.69 Å². The van der Waals surface area contributed by atoms with Gasteiger partial charge in [-0.05, 0) is 37.3 Å². The Labute approximate surface area is 115 Å². The monoisotopic (exact) mass is 312 g/mol. The molecule has 1 aliphatic carbocycles. The van der Waals surface area contributed by atoms with Crippen LogP contribution in [0.1, 0.15) is 31.7 Å². The largest absolute Gasteiger partial charge is 0.310 e. The molecule has 0 aliphatic heterocycles. The number of nitro benzene ring substituents is 1. The Morgan fingerprint density at radius 3 is 2.89 bits per heavy atom. The van der Waals surface area contributed by atoms with Crippen LogP contribution in [0, 0.1) is 16.0 Å². The molecule has 1 fully saturated rings. The van der Waals surface area contributed by atoms with Gasteiger partial charge in [0.1, 0.15) is 0 Å². The minimum atomic E-state index is -0.319. The van der Waals surface area contributed by atoms with Gasteiger partial charge in [0.25, 0.3) is 5.69 Å². The van der Waals surface area contributed by atoms with Gasteiger partial charge in [-0.1, -0.05) is 22.9 Å². The molecule has 0 bridgehead atoms. The minimum absolute atomic E-state index is 0.191. The number of nitrogens with zero attached hydrogens (tertiary/aromatic N) is 1. The summed E-state index contributed by atoms with van der Waals surface area (Å²) in [5.41, 5.74) is 0.936. The summed E-state index contributed by atoms with van der Waals surface area (Å²) in [5.74, 6) is 0.764. The molecular weight excluding hydrogens is 296 g/mol. The first-order chi connectivity index (χ1) is 8.56. The number of rotatable bonds is 4. The average Bonchev–Trinajstić information content (AvgIpc) is 2.72. The molecule has 1 aliphatic rings. The SMILES string of the molecule is CC1CCC(NCc2cc(Br)ccc2[N+](=O)[O-])C1. The molecule has 2 rings (SSSR count). The van der Waals surface area contributed by atoms with Gasteiger partial charge in [-0.15, -0.1) is 0 Å². The zero-order chi connectivity index (χ0) is 13.1. The first kappa shape index (κ1) is 13.5. The summed E-state index contributed by atoms with van der Waals surface area (Å²) >= 11 is 3.36. The van der Waals surface area contributed by atoms with Gasteiger partial charge in [0.15, 0.2) is 0 Å². The predicted molar refractivity (Wildman–Crippen MR) is 74.4 cm³/mol. The van der Waals surface area contributed by atoms with E-state index in [0.29, 0.717) is 12.6 Å². The molecular formula is C13H17BrN2O2. The molecule has 2 unspecified atom stereocenters. The van der Waals surface area contributed by atoms with Crippen LogP contribution in [-0.2, 0) is 6.54 Å². The number of hydrogen-bond acceptors (Lipinski definition) is 3. The summed E-state index contributed by atoms with van der Waals surface area (Å²) in [7, 11) is 0. The van der Waals surface area contributed by atoms with Gasteiger partial charge in [-0.3, -0.25) is 10.1 Å². The lowest BCUT2D eigenvalue weighted by Crippen LogP contribution is -2.26. The highest BCUT2D eigenvalue weighted by Gasteiger charge is 2.22. The quantitative estimate of drug-likeness (QED) is 0.682. The first-order valence-corrected chi connectivity index (χ1v) is 7.01. The standard InChI is InChI=1S/C13H17BrN2O2/c1-9-2-4-12(6-9)15-8-10-7-11(14)3-5-13(10)16(17)18/h3,5,7,9,12,15H,2,4,6,8H2,1H3. The highest BCUT2D eigenvalue weighted by Crippen LogP contribution is 2.27. The molecule has 0 saturated heterocycles. The molecule has 5 heteroatoms. The molecule has 0 amide bonds. The topological polar surface area (TPSA) is 55.2 Å². The van der Waals surface area contributed by atoms with E-state index in [1.807, 2.05) is 6.07 Å². The number of hydrogen-bond donors (Lipinski definition) is 1. The number of benzene rings is 1. The van der Waals surface area contributed by atoms with E-state index >= 15 is 0 Å². The third-order valence-electron chi connectivity index (χ3n) is 3.51. The van der Waals surface area contributed by atoms with Gasteiger partial charge in [0, 0.05) is 28.7 Å². The highest BCUT2D eigenvalue weighted by atomic mass is 79.9. The highest BCUT2D eigenvalue weighted by molar-refractivity contribution is 9.10. The van der Waals surface area contributed by atoms with Gasteiger partial charge in [0.05, 0.1) is 4.92 Å². The van der Waals surface area contributed by atoms with Gasteiger partial charge < -0.3 is 5.32 Å². The fraction of sp³-hybridized carbons (Fsp3) is 0.538. The third kappa shape index (κ3) is 3.29. The van der Waals surface area contributed by atoms with Crippen molar-refractivity contribution in [2.45, 2.75) is 38.8 Å². The molecule has 1 aromatic carbocycles. The van der Waals surface area contributed by atoms with Crippen LogP contribution >= 0.6 is 15.9 Å². The Morgan fingerprint density at radius 1 is 1.50 bits per heavy atom. The Kier molecular flexibility index (Phi) is 4.35. The predicted octanol–water partition coefficient (Wildman–Crippen LogP) is 3.64. The molecule has 4 nitrogen and oxygen atoms in total. The molecule has 98 valence electrons. The van der Waals surface area contributed by atoms with Crippen molar-refractivity contribution in [1.29, 1.82) is 0 Å². The van der Waals surface area contributed by atoms with E-state index in [1.165, 1.54) is 19.3 Å². The van der Waals surface area contributed by atoms with Crippen molar-refractivity contribution in [1.82, 2.24) is 5.32 Å². The van der Waals surface area contributed by atoms with E-state index in [2.05, 4.69) is 28.2 Å². The molecule has 1 saturated carbocycles. The lowest BCUT2D eigenvalue weighted by Gasteiger charge is -2.12. The second kappa shape index (κ2) is 5.80. The van der Waals surface area contributed by atoms with E-state index in [-0.39, 0.29) is 10.6 Å². The normalized spacial score (nSPS) is 23.2. The van der Waals surface area contributed by atoms with Crippen molar-refractivity contribution in [2.24, 2.45) is 5.92 Å². The van der Waals surface area contributed by atoms with E-state index in [4.69, 9.17) is 0 Å². The van der Waals surface area contributed by atoms with Crippen LogP contribution in [0.2, 0.25) is 0 Å². The van der Waals surface area contributed by atoms with Gasteiger partial charge in [-0.25, -0.2) is 0 Å². The summed E-state index contributed by atoms with van der Waals surface area (Å²) in [5, 5.41) is 14.4. The van der Waals surface area contributed by atoms with Gasteiger partial charge in [0.2, 0.25) is 0 Å². The summed E-state index contributed by atoms with van der Waals surface area (Å²) in [6.45, 7) is 2.82. The molecule has 0 heterocycles. The molecule has 1 aromatic rings.